The zero-order valence-electron chi connectivity index (χ0n) is 16.1. The first-order valence-electron chi connectivity index (χ1n) is 9.17. The van der Waals surface area contributed by atoms with Gasteiger partial charge in [-0.15, -0.1) is 0 Å². The SMILES string of the molecule is COc1cccc(NC(=O)N2CCN(c3nc4ccc(F)cc4s3)CC2)c1OC. The van der Waals surface area contributed by atoms with Gasteiger partial charge in [-0.25, -0.2) is 14.2 Å². The molecule has 3 aromatic rings. The number of halogens is 1. The number of aromatic nitrogens is 1. The number of fused-ring (bicyclic) bond motifs is 1. The van der Waals surface area contributed by atoms with E-state index in [1.54, 1.807) is 36.3 Å². The summed E-state index contributed by atoms with van der Waals surface area (Å²) in [5.41, 5.74) is 1.35. The Balaban J connectivity index is 1.41. The average Bonchev–Trinajstić information content (AvgIpc) is 3.16. The minimum Gasteiger partial charge on any atom is -0.493 e. The molecule has 152 valence electrons. The summed E-state index contributed by atoms with van der Waals surface area (Å²) in [4.78, 5) is 21.2. The molecule has 1 aliphatic heterocycles. The molecule has 0 aliphatic carbocycles. The molecule has 0 bridgehead atoms. The molecule has 1 fully saturated rings. The second-order valence-corrected chi connectivity index (χ2v) is 7.56. The van der Waals surface area contributed by atoms with Crippen LogP contribution in [0.25, 0.3) is 10.2 Å². The van der Waals surface area contributed by atoms with Crippen molar-refractivity contribution in [2.24, 2.45) is 0 Å². The van der Waals surface area contributed by atoms with Gasteiger partial charge < -0.3 is 24.6 Å². The smallest absolute Gasteiger partial charge is 0.322 e. The number of hydrogen-bond acceptors (Lipinski definition) is 6. The number of carbonyl (C=O) groups is 1. The number of ether oxygens (including phenoxy) is 2. The molecule has 0 radical (unpaired) electrons. The van der Waals surface area contributed by atoms with Gasteiger partial charge in [-0.1, -0.05) is 17.4 Å². The minimum atomic E-state index is -0.262. The Morgan fingerprint density at radius 3 is 2.66 bits per heavy atom. The summed E-state index contributed by atoms with van der Waals surface area (Å²) in [7, 11) is 3.09. The van der Waals surface area contributed by atoms with Crippen LogP contribution in [0.2, 0.25) is 0 Å². The van der Waals surface area contributed by atoms with E-state index >= 15 is 0 Å². The fourth-order valence-electron chi connectivity index (χ4n) is 3.30. The first kappa shape index (κ1) is 19.3. The van der Waals surface area contributed by atoms with Crippen molar-refractivity contribution in [2.75, 3.05) is 50.6 Å². The van der Waals surface area contributed by atoms with Crippen molar-refractivity contribution in [2.45, 2.75) is 0 Å². The zero-order chi connectivity index (χ0) is 20.4. The molecule has 0 atom stereocenters. The first-order valence-corrected chi connectivity index (χ1v) is 9.98. The number of benzene rings is 2. The number of amides is 2. The van der Waals surface area contributed by atoms with E-state index in [1.807, 2.05) is 0 Å². The summed E-state index contributed by atoms with van der Waals surface area (Å²) in [6.45, 7) is 2.43. The first-order chi connectivity index (χ1) is 14.1. The van der Waals surface area contributed by atoms with Crippen LogP contribution in [-0.2, 0) is 0 Å². The molecule has 2 aromatic carbocycles. The molecule has 1 aromatic heterocycles. The summed E-state index contributed by atoms with van der Waals surface area (Å²) < 4.78 is 24.9. The number of nitrogens with one attached hydrogen (secondary N) is 1. The molecule has 29 heavy (non-hydrogen) atoms. The molecule has 1 N–H and O–H groups in total. The molecule has 0 saturated carbocycles. The van der Waals surface area contributed by atoms with Crippen molar-refractivity contribution in [1.82, 2.24) is 9.88 Å². The number of piperazine rings is 1. The van der Waals surface area contributed by atoms with Crippen LogP contribution >= 0.6 is 11.3 Å². The van der Waals surface area contributed by atoms with Gasteiger partial charge in [-0.3, -0.25) is 0 Å². The Bertz CT molecular complexity index is 1030. The van der Waals surface area contributed by atoms with E-state index < -0.39 is 0 Å². The Labute approximate surface area is 171 Å². The topological polar surface area (TPSA) is 66.9 Å². The number of carbonyl (C=O) groups excluding carboxylic acids is 1. The number of anilines is 2. The van der Waals surface area contributed by atoms with E-state index in [0.29, 0.717) is 43.4 Å². The van der Waals surface area contributed by atoms with E-state index in [9.17, 15) is 9.18 Å². The summed E-state index contributed by atoms with van der Waals surface area (Å²) in [5.74, 6) is 0.785. The fourth-order valence-corrected chi connectivity index (χ4v) is 4.34. The van der Waals surface area contributed by atoms with Crippen molar-refractivity contribution < 1.29 is 18.7 Å². The third-order valence-electron chi connectivity index (χ3n) is 4.82. The Kier molecular flexibility index (Phi) is 5.39. The van der Waals surface area contributed by atoms with E-state index in [-0.39, 0.29) is 11.8 Å². The number of nitrogens with zero attached hydrogens (tertiary/aromatic N) is 3. The summed E-state index contributed by atoms with van der Waals surface area (Å²) in [5, 5.41) is 3.74. The van der Waals surface area contributed by atoms with Crippen LogP contribution in [0.4, 0.5) is 20.0 Å². The van der Waals surface area contributed by atoms with Crippen LogP contribution < -0.4 is 19.7 Å². The molecular weight excluding hydrogens is 395 g/mol. The number of urea groups is 1. The maximum atomic E-state index is 13.4. The van der Waals surface area contributed by atoms with E-state index in [0.717, 1.165) is 15.3 Å². The summed E-state index contributed by atoms with van der Waals surface area (Å²) in [6.07, 6.45) is 0. The molecule has 9 heteroatoms. The molecule has 7 nitrogen and oxygen atoms in total. The molecular formula is C20H21FN4O3S. The standard InChI is InChI=1S/C20H21FN4O3S/c1-27-16-5-3-4-15(18(16)28-2)22-19(26)24-8-10-25(11-9-24)20-23-14-7-6-13(21)12-17(14)29-20/h3-7,12H,8-11H2,1-2H3,(H,22,26). The second kappa shape index (κ2) is 8.12. The van der Waals surface area contributed by atoms with Gasteiger partial charge in [0.2, 0.25) is 0 Å². The number of rotatable bonds is 4. The quantitative estimate of drug-likeness (QED) is 0.701. The Morgan fingerprint density at radius 2 is 1.93 bits per heavy atom. The third-order valence-corrected chi connectivity index (χ3v) is 5.90. The third kappa shape index (κ3) is 3.91. The highest BCUT2D eigenvalue weighted by molar-refractivity contribution is 7.22. The number of thiazole rings is 1. The minimum absolute atomic E-state index is 0.192. The van der Waals surface area contributed by atoms with E-state index in [2.05, 4.69) is 15.2 Å². The fraction of sp³-hybridized carbons (Fsp3) is 0.300. The van der Waals surface area contributed by atoms with Gasteiger partial charge in [0.25, 0.3) is 0 Å². The van der Waals surface area contributed by atoms with Crippen LogP contribution in [0, 0.1) is 5.82 Å². The lowest BCUT2D eigenvalue weighted by Gasteiger charge is -2.34. The molecule has 2 heterocycles. The number of para-hydroxylation sites is 1. The number of methoxy groups -OCH3 is 2. The van der Waals surface area contributed by atoms with Gasteiger partial charge in [0.15, 0.2) is 16.6 Å². The normalized spacial score (nSPS) is 14.2. The van der Waals surface area contributed by atoms with Gasteiger partial charge in [-0.2, -0.15) is 0 Å². The second-order valence-electron chi connectivity index (χ2n) is 6.55. The number of hydrogen-bond donors (Lipinski definition) is 1. The molecule has 2 amide bonds. The molecule has 4 rings (SSSR count). The lowest BCUT2D eigenvalue weighted by atomic mass is 10.2. The largest absolute Gasteiger partial charge is 0.493 e. The Hall–Kier alpha value is -3.07. The monoisotopic (exact) mass is 416 g/mol. The van der Waals surface area contributed by atoms with Crippen LogP contribution in [0.5, 0.6) is 11.5 Å². The van der Waals surface area contributed by atoms with Crippen LogP contribution in [0.1, 0.15) is 0 Å². The molecule has 0 unspecified atom stereocenters. The highest BCUT2D eigenvalue weighted by atomic mass is 32.1. The van der Waals surface area contributed by atoms with E-state index in [1.165, 1.54) is 30.6 Å². The predicted molar refractivity (Wildman–Crippen MR) is 112 cm³/mol. The van der Waals surface area contributed by atoms with E-state index in [4.69, 9.17) is 9.47 Å². The van der Waals surface area contributed by atoms with Crippen LogP contribution in [0.15, 0.2) is 36.4 Å². The van der Waals surface area contributed by atoms with Gasteiger partial charge in [-0.05, 0) is 30.3 Å². The van der Waals surface area contributed by atoms with Gasteiger partial charge in [0.05, 0.1) is 30.1 Å². The highest BCUT2D eigenvalue weighted by Gasteiger charge is 2.24. The Morgan fingerprint density at radius 1 is 1.14 bits per heavy atom. The lowest BCUT2D eigenvalue weighted by Crippen LogP contribution is -2.50. The maximum Gasteiger partial charge on any atom is 0.322 e. The molecule has 1 aliphatic rings. The summed E-state index contributed by atoms with van der Waals surface area (Å²) >= 11 is 1.46. The summed E-state index contributed by atoms with van der Waals surface area (Å²) in [6, 6.07) is 9.76. The van der Waals surface area contributed by atoms with Crippen molar-refractivity contribution in [3.8, 4) is 11.5 Å². The van der Waals surface area contributed by atoms with Gasteiger partial charge in [0.1, 0.15) is 5.82 Å². The van der Waals surface area contributed by atoms with Crippen molar-refractivity contribution >= 4 is 38.4 Å². The molecule has 0 spiro atoms. The van der Waals surface area contributed by atoms with Gasteiger partial charge in [0, 0.05) is 26.2 Å². The van der Waals surface area contributed by atoms with Gasteiger partial charge >= 0.3 is 6.03 Å². The van der Waals surface area contributed by atoms with Crippen LogP contribution in [0.3, 0.4) is 0 Å². The molecule has 1 saturated heterocycles. The van der Waals surface area contributed by atoms with Crippen molar-refractivity contribution in [3.05, 3.63) is 42.2 Å². The maximum absolute atomic E-state index is 13.4. The predicted octanol–water partition coefficient (Wildman–Crippen LogP) is 3.81. The highest BCUT2D eigenvalue weighted by Crippen LogP contribution is 2.35. The zero-order valence-corrected chi connectivity index (χ0v) is 17.0. The van der Waals surface area contributed by atoms with Crippen molar-refractivity contribution in [3.63, 3.8) is 0 Å². The average molecular weight is 416 g/mol. The lowest BCUT2D eigenvalue weighted by molar-refractivity contribution is 0.208. The van der Waals surface area contributed by atoms with Crippen LogP contribution in [-0.4, -0.2) is 56.3 Å². The van der Waals surface area contributed by atoms with Crippen molar-refractivity contribution in [1.29, 1.82) is 0 Å².